The average Bonchev–Trinajstić information content (AvgIpc) is 2.99. The molecular weight excluding hydrogens is 260 g/mol. The van der Waals surface area contributed by atoms with Gasteiger partial charge in [0.15, 0.2) is 0 Å². The van der Waals surface area contributed by atoms with E-state index in [9.17, 15) is 8.78 Å². The molecule has 1 saturated heterocycles. The summed E-state index contributed by atoms with van der Waals surface area (Å²) in [5.41, 5.74) is -0.635. The molecule has 0 bridgehead atoms. The molecular formula is C16H21F2NO. The summed E-state index contributed by atoms with van der Waals surface area (Å²) in [5, 5.41) is 0. The lowest BCUT2D eigenvalue weighted by Gasteiger charge is -2.32. The molecule has 0 atom stereocenters. The molecule has 4 heteroatoms. The first-order valence-corrected chi connectivity index (χ1v) is 7.39. The third-order valence-corrected chi connectivity index (χ3v) is 4.66. The Balaban J connectivity index is 1.33. The van der Waals surface area contributed by atoms with E-state index < -0.39 is 11.3 Å². The first kappa shape index (κ1) is 13.8. The van der Waals surface area contributed by atoms with E-state index in [-0.39, 0.29) is 6.42 Å². The number of hydrogen-bond acceptors (Lipinski definition) is 2. The highest BCUT2D eigenvalue weighted by molar-refractivity contribution is 5.20. The molecule has 1 aromatic carbocycles. The number of halogens is 2. The molecule has 2 nitrogen and oxygen atoms in total. The predicted molar refractivity (Wildman–Crippen MR) is 74.2 cm³/mol. The van der Waals surface area contributed by atoms with Crippen molar-refractivity contribution in [3.8, 4) is 5.75 Å². The summed E-state index contributed by atoms with van der Waals surface area (Å²) in [6.45, 7) is 3.23. The van der Waals surface area contributed by atoms with Crippen LogP contribution in [0, 0.1) is 5.41 Å². The number of piperidine rings is 1. The third-order valence-electron chi connectivity index (χ3n) is 4.66. The molecule has 0 N–H and O–H groups in total. The van der Waals surface area contributed by atoms with E-state index in [1.807, 2.05) is 30.3 Å². The highest BCUT2D eigenvalue weighted by atomic mass is 19.3. The fraction of sp³-hybridized carbons (Fsp3) is 0.625. The average molecular weight is 281 g/mol. The quantitative estimate of drug-likeness (QED) is 0.765. The highest BCUT2D eigenvalue weighted by Gasteiger charge is 2.70. The Morgan fingerprint density at radius 2 is 1.75 bits per heavy atom. The van der Waals surface area contributed by atoms with E-state index in [1.165, 1.54) is 0 Å². The van der Waals surface area contributed by atoms with Gasteiger partial charge in [-0.15, -0.1) is 0 Å². The van der Waals surface area contributed by atoms with Crippen molar-refractivity contribution in [1.29, 1.82) is 0 Å². The molecule has 0 amide bonds. The fourth-order valence-electron chi connectivity index (χ4n) is 3.12. The second-order valence-electron chi connectivity index (χ2n) is 6.02. The molecule has 1 saturated carbocycles. The van der Waals surface area contributed by atoms with Crippen LogP contribution in [-0.4, -0.2) is 37.1 Å². The van der Waals surface area contributed by atoms with Crippen LogP contribution in [0.5, 0.6) is 5.75 Å². The zero-order valence-corrected chi connectivity index (χ0v) is 11.7. The largest absolute Gasteiger partial charge is 0.494 e. The molecule has 0 radical (unpaired) electrons. The third kappa shape index (κ3) is 2.80. The minimum Gasteiger partial charge on any atom is -0.494 e. The van der Waals surface area contributed by atoms with E-state index in [2.05, 4.69) is 4.90 Å². The maximum Gasteiger partial charge on any atom is 0.254 e. The number of benzene rings is 1. The molecule has 2 aliphatic rings. The number of alkyl halides is 2. The number of likely N-dealkylation sites (tertiary alicyclic amines) is 1. The van der Waals surface area contributed by atoms with E-state index >= 15 is 0 Å². The molecule has 1 aliphatic carbocycles. The van der Waals surface area contributed by atoms with Crippen LogP contribution in [0.4, 0.5) is 8.78 Å². The van der Waals surface area contributed by atoms with Crippen molar-refractivity contribution in [3.05, 3.63) is 30.3 Å². The Kier molecular flexibility index (Phi) is 3.67. The Morgan fingerprint density at radius 1 is 1.10 bits per heavy atom. The summed E-state index contributed by atoms with van der Waals surface area (Å²) in [7, 11) is 0. The minimum atomic E-state index is -2.38. The molecule has 1 aromatic rings. The van der Waals surface area contributed by atoms with Crippen LogP contribution in [0.1, 0.15) is 25.7 Å². The van der Waals surface area contributed by atoms with E-state index in [4.69, 9.17) is 4.74 Å². The van der Waals surface area contributed by atoms with Gasteiger partial charge in [-0.05, 0) is 44.5 Å². The van der Waals surface area contributed by atoms with E-state index in [0.717, 1.165) is 31.8 Å². The number of nitrogens with zero attached hydrogens (tertiary/aromatic N) is 1. The Bertz CT molecular complexity index is 441. The molecule has 20 heavy (non-hydrogen) atoms. The standard InChI is InChI=1S/C16H21F2NO/c17-16(18)13-15(16)7-10-19(11-8-15)9-4-12-20-14-5-2-1-3-6-14/h1-3,5-6H,4,7-13H2. The van der Waals surface area contributed by atoms with Gasteiger partial charge in [-0.2, -0.15) is 0 Å². The van der Waals surface area contributed by atoms with Crippen molar-refractivity contribution in [2.24, 2.45) is 5.41 Å². The van der Waals surface area contributed by atoms with Crippen LogP contribution in [0.15, 0.2) is 30.3 Å². The van der Waals surface area contributed by atoms with Gasteiger partial charge in [0.2, 0.25) is 0 Å². The van der Waals surface area contributed by atoms with Crippen LogP contribution >= 0.6 is 0 Å². The zero-order chi connectivity index (χ0) is 14.1. The van der Waals surface area contributed by atoms with Crippen molar-refractivity contribution < 1.29 is 13.5 Å². The predicted octanol–water partition coefficient (Wildman–Crippen LogP) is 3.58. The maximum atomic E-state index is 13.3. The van der Waals surface area contributed by atoms with Crippen molar-refractivity contribution >= 4 is 0 Å². The van der Waals surface area contributed by atoms with Crippen LogP contribution in [0.3, 0.4) is 0 Å². The topological polar surface area (TPSA) is 12.5 Å². The second-order valence-corrected chi connectivity index (χ2v) is 6.02. The summed E-state index contributed by atoms with van der Waals surface area (Å²) < 4.78 is 32.1. The molecule has 110 valence electrons. The molecule has 3 rings (SSSR count). The van der Waals surface area contributed by atoms with Crippen molar-refractivity contribution in [2.75, 3.05) is 26.2 Å². The van der Waals surface area contributed by atoms with Gasteiger partial charge in [0.05, 0.1) is 6.61 Å². The summed E-state index contributed by atoms with van der Waals surface area (Å²) in [5.74, 6) is -1.49. The lowest BCUT2D eigenvalue weighted by molar-refractivity contribution is 0.0306. The van der Waals surface area contributed by atoms with Gasteiger partial charge in [0.25, 0.3) is 5.92 Å². The first-order chi connectivity index (χ1) is 9.61. The number of hydrogen-bond donors (Lipinski definition) is 0. The van der Waals surface area contributed by atoms with Crippen molar-refractivity contribution in [3.63, 3.8) is 0 Å². The van der Waals surface area contributed by atoms with Gasteiger partial charge in [-0.25, -0.2) is 8.78 Å². The molecule has 1 spiro atoms. The molecule has 2 fully saturated rings. The summed E-state index contributed by atoms with van der Waals surface area (Å²) in [4.78, 5) is 2.29. The zero-order valence-electron chi connectivity index (χ0n) is 11.7. The number of rotatable bonds is 5. The van der Waals surface area contributed by atoms with Gasteiger partial charge in [-0.3, -0.25) is 0 Å². The summed E-state index contributed by atoms with van der Waals surface area (Å²) in [6, 6.07) is 9.76. The highest BCUT2D eigenvalue weighted by Crippen LogP contribution is 2.65. The fourth-order valence-corrected chi connectivity index (χ4v) is 3.12. The van der Waals surface area contributed by atoms with Gasteiger partial charge in [0, 0.05) is 18.4 Å². The van der Waals surface area contributed by atoms with Gasteiger partial charge in [-0.1, -0.05) is 18.2 Å². The lowest BCUT2D eigenvalue weighted by atomic mass is 9.93. The Labute approximate surface area is 118 Å². The number of ether oxygens (including phenoxy) is 1. The molecule has 1 heterocycles. The molecule has 1 aliphatic heterocycles. The minimum absolute atomic E-state index is 0.116. The first-order valence-electron chi connectivity index (χ1n) is 7.39. The number of para-hydroxylation sites is 1. The second kappa shape index (κ2) is 5.32. The maximum absolute atomic E-state index is 13.3. The van der Waals surface area contributed by atoms with Gasteiger partial charge >= 0.3 is 0 Å². The smallest absolute Gasteiger partial charge is 0.254 e. The molecule has 0 aromatic heterocycles. The van der Waals surface area contributed by atoms with Crippen LogP contribution in [0.2, 0.25) is 0 Å². The van der Waals surface area contributed by atoms with Crippen LogP contribution in [-0.2, 0) is 0 Å². The van der Waals surface area contributed by atoms with Crippen molar-refractivity contribution in [2.45, 2.75) is 31.6 Å². The summed E-state index contributed by atoms with van der Waals surface area (Å²) in [6.07, 6.45) is 2.36. The van der Waals surface area contributed by atoms with Gasteiger partial charge < -0.3 is 9.64 Å². The van der Waals surface area contributed by atoms with Crippen LogP contribution in [0.25, 0.3) is 0 Å². The van der Waals surface area contributed by atoms with Gasteiger partial charge in [0.1, 0.15) is 5.75 Å². The lowest BCUT2D eigenvalue weighted by Crippen LogP contribution is -2.37. The SMILES string of the molecule is FC1(F)CC12CCN(CCCOc1ccccc1)CC2. The van der Waals surface area contributed by atoms with E-state index in [0.29, 0.717) is 19.4 Å². The molecule has 0 unspecified atom stereocenters. The normalized spacial score (nSPS) is 23.7. The Hall–Kier alpha value is -1.16. The van der Waals surface area contributed by atoms with Crippen LogP contribution < -0.4 is 4.74 Å². The summed E-state index contributed by atoms with van der Waals surface area (Å²) >= 11 is 0. The monoisotopic (exact) mass is 281 g/mol. The van der Waals surface area contributed by atoms with E-state index in [1.54, 1.807) is 0 Å². The van der Waals surface area contributed by atoms with Crippen molar-refractivity contribution in [1.82, 2.24) is 4.90 Å². The Morgan fingerprint density at radius 3 is 2.35 bits per heavy atom.